The summed E-state index contributed by atoms with van der Waals surface area (Å²) in [5.74, 6) is 0. The van der Waals surface area contributed by atoms with Crippen LogP contribution in [0.1, 0.15) is 0 Å². The van der Waals surface area contributed by atoms with Crippen LogP contribution in [0.15, 0.2) is 183 Å². The van der Waals surface area contributed by atoms with Crippen molar-refractivity contribution in [3.05, 3.63) is 183 Å². The fourth-order valence-corrected chi connectivity index (χ4v) is 7.85. The van der Waals surface area contributed by atoms with Crippen LogP contribution in [0.25, 0.3) is 100 Å². The van der Waals surface area contributed by atoms with Gasteiger partial charge in [-0.3, -0.25) is 34.1 Å². The van der Waals surface area contributed by atoms with Crippen molar-refractivity contribution in [3.63, 3.8) is 0 Å². The van der Waals surface area contributed by atoms with Crippen LogP contribution in [0.3, 0.4) is 0 Å². The molecule has 8 nitrogen and oxygen atoms in total. The van der Waals surface area contributed by atoms with E-state index in [1.165, 1.54) is 0 Å². The summed E-state index contributed by atoms with van der Waals surface area (Å²) in [6.45, 7) is 0. The Morgan fingerprint density at radius 3 is 1.25 bits per heavy atom. The van der Waals surface area contributed by atoms with Crippen LogP contribution >= 0.6 is 0 Å². The molecule has 0 unspecified atom stereocenters. The fourth-order valence-electron chi connectivity index (χ4n) is 7.85. The van der Waals surface area contributed by atoms with E-state index >= 15 is 0 Å². The van der Waals surface area contributed by atoms with Crippen molar-refractivity contribution in [1.29, 1.82) is 0 Å². The maximum atomic E-state index is 5.64. The summed E-state index contributed by atoms with van der Waals surface area (Å²) in [5.41, 5.74) is 13.8. The Hall–Kier alpha value is -7.84. The second-order valence-corrected chi connectivity index (χ2v) is 13.7. The van der Waals surface area contributed by atoms with E-state index in [0.29, 0.717) is 0 Å². The Labute approximate surface area is 321 Å². The van der Waals surface area contributed by atoms with Crippen LogP contribution in [0.4, 0.5) is 0 Å². The van der Waals surface area contributed by atoms with Gasteiger partial charge in [-0.15, -0.1) is 0 Å². The molecule has 56 heavy (non-hydrogen) atoms. The van der Waals surface area contributed by atoms with E-state index in [4.69, 9.17) is 29.9 Å². The first-order valence-electron chi connectivity index (χ1n) is 18.4. The molecule has 8 heterocycles. The third-order valence-electron chi connectivity index (χ3n) is 10.3. The number of fused-ring (bicyclic) bond motifs is 6. The van der Waals surface area contributed by atoms with Gasteiger partial charge in [0.15, 0.2) is 0 Å². The highest BCUT2D eigenvalue weighted by Gasteiger charge is 2.22. The van der Waals surface area contributed by atoms with Gasteiger partial charge in [0, 0.05) is 80.8 Å². The molecule has 0 radical (unpaired) electrons. The Kier molecular flexibility index (Phi) is 7.31. The largest absolute Gasteiger partial charge is 0.294 e. The number of hydrogen-bond acceptors (Lipinski definition) is 6. The number of pyridine rings is 6. The summed E-state index contributed by atoms with van der Waals surface area (Å²) < 4.78 is 4.49. The molecule has 0 amide bonds. The first kappa shape index (κ1) is 31.7. The highest BCUT2D eigenvalue weighted by molar-refractivity contribution is 6.16. The Morgan fingerprint density at radius 1 is 0.321 bits per heavy atom. The number of hydrogen-bond donors (Lipinski definition) is 0. The average molecular weight is 719 g/mol. The highest BCUT2D eigenvalue weighted by atomic mass is 15.1. The van der Waals surface area contributed by atoms with Gasteiger partial charge < -0.3 is 0 Å². The molecule has 11 aromatic rings. The van der Waals surface area contributed by atoms with E-state index < -0.39 is 0 Å². The summed E-state index contributed by atoms with van der Waals surface area (Å²) in [5, 5.41) is 3.11. The summed E-state index contributed by atoms with van der Waals surface area (Å²) in [4.78, 5) is 29.5. The van der Waals surface area contributed by atoms with Gasteiger partial charge in [0.2, 0.25) is 0 Å². The number of aromatic nitrogens is 8. The molecule has 0 saturated carbocycles. The quantitative estimate of drug-likeness (QED) is 0.170. The lowest BCUT2D eigenvalue weighted by atomic mass is 10.0. The average Bonchev–Trinajstić information content (AvgIpc) is 3.78. The zero-order valence-electron chi connectivity index (χ0n) is 29.9. The van der Waals surface area contributed by atoms with Crippen molar-refractivity contribution < 1.29 is 0 Å². The molecule has 0 fully saturated rings. The molecule has 0 aliphatic carbocycles. The molecule has 0 aliphatic heterocycles. The van der Waals surface area contributed by atoms with Crippen molar-refractivity contribution >= 4 is 44.0 Å². The predicted octanol–water partition coefficient (Wildman–Crippen LogP) is 10.9. The van der Waals surface area contributed by atoms with Crippen molar-refractivity contribution in [3.8, 4) is 56.4 Å². The second-order valence-electron chi connectivity index (χ2n) is 13.7. The molecule has 0 atom stereocenters. The third-order valence-corrected chi connectivity index (χ3v) is 10.3. The smallest absolute Gasteiger partial charge is 0.149 e. The third kappa shape index (κ3) is 5.23. The Morgan fingerprint density at radius 2 is 0.750 bits per heavy atom. The van der Waals surface area contributed by atoms with Crippen LogP contribution in [0, 0.1) is 0 Å². The van der Waals surface area contributed by atoms with Gasteiger partial charge in [-0.2, -0.15) is 0 Å². The number of benzene rings is 3. The topological polar surface area (TPSA) is 87.2 Å². The minimum absolute atomic E-state index is 0.797. The van der Waals surface area contributed by atoms with Gasteiger partial charge in [-0.05, 0) is 109 Å². The zero-order valence-corrected chi connectivity index (χ0v) is 29.9. The maximum Gasteiger partial charge on any atom is 0.149 e. The number of nitrogens with zero attached hydrogens (tertiary/aromatic N) is 8. The van der Waals surface area contributed by atoms with E-state index in [0.717, 1.165) is 100 Å². The van der Waals surface area contributed by atoms with Crippen LogP contribution in [-0.4, -0.2) is 39.0 Å². The molecule has 0 aliphatic rings. The molecular weight excluding hydrogens is 689 g/mol. The lowest BCUT2D eigenvalue weighted by molar-refractivity contribution is 1.11. The summed E-state index contributed by atoms with van der Waals surface area (Å²) in [7, 11) is 0. The molecule has 0 spiro atoms. The van der Waals surface area contributed by atoms with Crippen LogP contribution < -0.4 is 0 Å². The lowest BCUT2D eigenvalue weighted by Gasteiger charge is -2.14. The van der Waals surface area contributed by atoms with E-state index in [9.17, 15) is 0 Å². The standard InChI is InChI=1S/C48H30N8/c1-2-17-44-37(12-1)38-30-39-46-45(18-11-23-53-46)56(36-28-33(42-15-5-9-21-51-42)25-34(29-36)43-16-6-10-22-52-43)48(39)54-47(38)55(44)35-26-31(40-13-3-7-19-49-40)24-32(27-35)41-14-4-8-20-50-41/h1-30H. The van der Waals surface area contributed by atoms with Crippen LogP contribution in [0.5, 0.6) is 0 Å². The predicted molar refractivity (Wildman–Crippen MR) is 224 cm³/mol. The van der Waals surface area contributed by atoms with E-state index in [-0.39, 0.29) is 0 Å². The summed E-state index contributed by atoms with van der Waals surface area (Å²) in [6.07, 6.45) is 9.16. The highest BCUT2D eigenvalue weighted by Crippen LogP contribution is 2.40. The molecule has 8 aromatic heterocycles. The van der Waals surface area contributed by atoms with Gasteiger partial charge in [0.05, 0.1) is 39.3 Å². The fraction of sp³-hybridized carbons (Fsp3) is 0. The summed E-state index contributed by atoms with van der Waals surface area (Å²) in [6, 6.07) is 51.9. The zero-order chi connectivity index (χ0) is 37.0. The second kappa shape index (κ2) is 12.9. The molecule has 8 heteroatoms. The molecule has 0 saturated heterocycles. The van der Waals surface area contributed by atoms with Crippen molar-refractivity contribution in [1.82, 2.24) is 39.0 Å². The first-order valence-corrected chi connectivity index (χ1v) is 18.4. The Balaban J connectivity index is 1.23. The monoisotopic (exact) mass is 718 g/mol. The van der Waals surface area contributed by atoms with Crippen molar-refractivity contribution in [2.45, 2.75) is 0 Å². The van der Waals surface area contributed by atoms with Gasteiger partial charge in [0.1, 0.15) is 11.3 Å². The van der Waals surface area contributed by atoms with E-state index in [1.54, 1.807) is 0 Å². The van der Waals surface area contributed by atoms with Crippen molar-refractivity contribution in [2.24, 2.45) is 0 Å². The number of rotatable bonds is 6. The number of para-hydroxylation sites is 1. The van der Waals surface area contributed by atoms with Gasteiger partial charge in [-0.1, -0.05) is 42.5 Å². The SMILES string of the molecule is c1ccc(-c2cc(-c3ccccn3)cc(-n3c4ccccc4c4cc5c6ncccc6n(-c6cc(-c7ccccn7)cc(-c7ccccn7)c6)c5nc43)c2)nc1. The summed E-state index contributed by atoms with van der Waals surface area (Å²) >= 11 is 0. The van der Waals surface area contributed by atoms with Crippen LogP contribution in [0.2, 0.25) is 0 Å². The van der Waals surface area contributed by atoms with E-state index in [2.05, 4.69) is 81.9 Å². The van der Waals surface area contributed by atoms with Gasteiger partial charge in [-0.25, -0.2) is 4.98 Å². The lowest BCUT2D eigenvalue weighted by Crippen LogP contribution is -2.01. The van der Waals surface area contributed by atoms with E-state index in [1.807, 2.05) is 110 Å². The minimum Gasteiger partial charge on any atom is -0.294 e. The molecule has 0 N–H and O–H groups in total. The normalized spacial score (nSPS) is 11.6. The van der Waals surface area contributed by atoms with Gasteiger partial charge in [0.25, 0.3) is 0 Å². The van der Waals surface area contributed by atoms with Crippen molar-refractivity contribution in [2.75, 3.05) is 0 Å². The van der Waals surface area contributed by atoms with Crippen LogP contribution in [-0.2, 0) is 0 Å². The molecule has 11 rings (SSSR count). The molecule has 3 aromatic carbocycles. The molecular formula is C48H30N8. The minimum atomic E-state index is 0.797. The maximum absolute atomic E-state index is 5.64. The first-order chi connectivity index (χ1) is 27.8. The Bertz CT molecular complexity index is 2900. The molecule has 262 valence electrons. The molecule has 0 bridgehead atoms. The van der Waals surface area contributed by atoms with Gasteiger partial charge >= 0.3 is 0 Å².